The van der Waals surface area contributed by atoms with Gasteiger partial charge in [0, 0.05) is 4.47 Å². The minimum absolute atomic E-state index is 0.136. The highest BCUT2D eigenvalue weighted by Crippen LogP contribution is 2.26. The molecule has 0 fully saturated rings. The average molecular weight is 487 g/mol. The van der Waals surface area contributed by atoms with Crippen LogP contribution in [-0.4, -0.2) is 20.9 Å². The fraction of sp³-hybridized carbons (Fsp3) is 0.174. The van der Waals surface area contributed by atoms with Gasteiger partial charge >= 0.3 is 0 Å². The number of hydrogen-bond donors (Lipinski definition) is 1. The van der Waals surface area contributed by atoms with Gasteiger partial charge in [-0.3, -0.25) is 9.10 Å². The summed E-state index contributed by atoms with van der Waals surface area (Å²) in [5.41, 5.74) is 2.31. The normalized spacial score (nSPS) is 12.2. The van der Waals surface area contributed by atoms with E-state index >= 15 is 0 Å². The third kappa shape index (κ3) is 5.29. The molecule has 0 bridgehead atoms. The van der Waals surface area contributed by atoms with Crippen LogP contribution in [-0.2, 0) is 14.8 Å². The maximum atomic E-state index is 13.4. The van der Waals surface area contributed by atoms with E-state index in [0.29, 0.717) is 5.69 Å². The van der Waals surface area contributed by atoms with Crippen molar-refractivity contribution in [1.82, 2.24) is 5.32 Å². The van der Waals surface area contributed by atoms with Crippen LogP contribution in [0.15, 0.2) is 88.2 Å². The van der Waals surface area contributed by atoms with Crippen LogP contribution in [0.5, 0.6) is 0 Å². The summed E-state index contributed by atoms with van der Waals surface area (Å²) in [7, 11) is -3.93. The van der Waals surface area contributed by atoms with Crippen LogP contribution in [0.25, 0.3) is 0 Å². The van der Waals surface area contributed by atoms with Gasteiger partial charge in [0.2, 0.25) is 5.91 Å². The Hall–Kier alpha value is -2.64. The topological polar surface area (TPSA) is 66.5 Å². The molecule has 156 valence electrons. The molecule has 3 aromatic carbocycles. The van der Waals surface area contributed by atoms with Gasteiger partial charge in [0.15, 0.2) is 0 Å². The molecule has 0 saturated heterocycles. The second kappa shape index (κ2) is 9.45. The third-order valence-electron chi connectivity index (χ3n) is 4.67. The van der Waals surface area contributed by atoms with Gasteiger partial charge in [-0.25, -0.2) is 8.42 Å². The molecule has 0 spiro atoms. The SMILES string of the molecule is Cc1ccc(S(=O)(=O)N(CC(=O)N[C@@H](C)c2ccccc2)c2cccc(Br)c2)cc1. The fourth-order valence-electron chi connectivity index (χ4n) is 3.03. The molecule has 3 rings (SSSR count). The lowest BCUT2D eigenvalue weighted by Gasteiger charge is -2.25. The summed E-state index contributed by atoms with van der Waals surface area (Å²) in [6.45, 7) is 3.43. The molecular weight excluding hydrogens is 464 g/mol. The largest absolute Gasteiger partial charge is 0.348 e. The van der Waals surface area contributed by atoms with Gasteiger partial charge in [0.25, 0.3) is 10.0 Å². The Balaban J connectivity index is 1.90. The zero-order valence-corrected chi connectivity index (χ0v) is 19.2. The van der Waals surface area contributed by atoms with Gasteiger partial charge in [-0.1, -0.05) is 70.0 Å². The van der Waals surface area contributed by atoms with Gasteiger partial charge in [-0.05, 0) is 49.7 Å². The van der Waals surface area contributed by atoms with Crippen LogP contribution in [0.2, 0.25) is 0 Å². The molecular formula is C23H23BrN2O3S. The fourth-order valence-corrected chi connectivity index (χ4v) is 4.83. The van der Waals surface area contributed by atoms with E-state index in [-0.39, 0.29) is 23.4 Å². The minimum atomic E-state index is -3.93. The number of benzene rings is 3. The number of amides is 1. The van der Waals surface area contributed by atoms with Crippen LogP contribution in [0.1, 0.15) is 24.1 Å². The first-order chi connectivity index (χ1) is 14.3. The minimum Gasteiger partial charge on any atom is -0.348 e. The van der Waals surface area contributed by atoms with Crippen molar-refractivity contribution < 1.29 is 13.2 Å². The van der Waals surface area contributed by atoms with Crippen molar-refractivity contribution in [2.45, 2.75) is 24.8 Å². The number of carbonyl (C=O) groups is 1. The molecule has 0 aliphatic rings. The number of rotatable bonds is 7. The van der Waals surface area contributed by atoms with Gasteiger partial charge in [-0.2, -0.15) is 0 Å². The summed E-state index contributed by atoms with van der Waals surface area (Å²) in [5, 5.41) is 2.89. The summed E-state index contributed by atoms with van der Waals surface area (Å²) in [4.78, 5) is 12.9. The number of sulfonamides is 1. The molecule has 5 nitrogen and oxygen atoms in total. The molecule has 1 amide bonds. The van der Waals surface area contributed by atoms with Crippen LogP contribution < -0.4 is 9.62 Å². The molecule has 7 heteroatoms. The van der Waals surface area contributed by atoms with Crippen LogP contribution >= 0.6 is 15.9 Å². The number of carbonyl (C=O) groups excluding carboxylic acids is 1. The van der Waals surface area contributed by atoms with Gasteiger partial charge in [-0.15, -0.1) is 0 Å². The summed E-state index contributed by atoms with van der Waals surface area (Å²) in [6.07, 6.45) is 0. The van der Waals surface area contributed by atoms with Crippen LogP contribution in [0.4, 0.5) is 5.69 Å². The zero-order chi connectivity index (χ0) is 21.7. The van der Waals surface area contributed by atoms with E-state index in [0.717, 1.165) is 19.9 Å². The second-order valence-corrected chi connectivity index (χ2v) is 9.78. The maximum Gasteiger partial charge on any atom is 0.264 e. The predicted octanol–water partition coefficient (Wildman–Crippen LogP) is 4.83. The Morgan fingerprint density at radius 1 is 1.00 bits per heavy atom. The highest BCUT2D eigenvalue weighted by atomic mass is 79.9. The van der Waals surface area contributed by atoms with Crippen molar-refractivity contribution in [1.29, 1.82) is 0 Å². The molecule has 0 saturated carbocycles. The van der Waals surface area contributed by atoms with Gasteiger partial charge < -0.3 is 5.32 Å². The van der Waals surface area contributed by atoms with Gasteiger partial charge in [0.05, 0.1) is 16.6 Å². The van der Waals surface area contributed by atoms with E-state index < -0.39 is 10.0 Å². The van der Waals surface area contributed by atoms with Crippen LogP contribution in [0.3, 0.4) is 0 Å². The highest BCUT2D eigenvalue weighted by molar-refractivity contribution is 9.10. The van der Waals surface area contributed by atoms with E-state index in [1.807, 2.05) is 44.2 Å². The van der Waals surface area contributed by atoms with E-state index in [9.17, 15) is 13.2 Å². The molecule has 3 aromatic rings. The molecule has 30 heavy (non-hydrogen) atoms. The van der Waals surface area contributed by atoms with Crippen molar-refractivity contribution >= 4 is 37.5 Å². The van der Waals surface area contributed by atoms with E-state index in [1.165, 1.54) is 0 Å². The van der Waals surface area contributed by atoms with Gasteiger partial charge in [0.1, 0.15) is 6.54 Å². The maximum absolute atomic E-state index is 13.4. The molecule has 0 aliphatic carbocycles. The Bertz CT molecular complexity index is 1120. The third-order valence-corrected chi connectivity index (χ3v) is 6.95. The Morgan fingerprint density at radius 2 is 1.67 bits per heavy atom. The van der Waals surface area contributed by atoms with Crippen molar-refractivity contribution in [2.75, 3.05) is 10.8 Å². The molecule has 0 aromatic heterocycles. The highest BCUT2D eigenvalue weighted by Gasteiger charge is 2.27. The molecule has 1 atom stereocenters. The van der Waals surface area contributed by atoms with Crippen molar-refractivity contribution in [3.05, 3.63) is 94.5 Å². The monoisotopic (exact) mass is 486 g/mol. The molecule has 0 unspecified atom stereocenters. The number of hydrogen-bond acceptors (Lipinski definition) is 3. The lowest BCUT2D eigenvalue weighted by Crippen LogP contribution is -2.41. The predicted molar refractivity (Wildman–Crippen MR) is 123 cm³/mol. The average Bonchev–Trinajstić information content (AvgIpc) is 2.73. The standard InChI is InChI=1S/C23H23BrN2O3S/c1-17-11-13-22(14-12-17)30(28,29)26(21-10-6-9-20(24)15-21)16-23(27)25-18(2)19-7-4-3-5-8-19/h3-15,18H,16H2,1-2H3,(H,25,27)/t18-/m0/s1. The lowest BCUT2D eigenvalue weighted by molar-refractivity contribution is -0.120. The number of nitrogens with one attached hydrogen (secondary N) is 1. The van der Waals surface area contributed by atoms with Crippen molar-refractivity contribution in [3.63, 3.8) is 0 Å². The second-order valence-electron chi connectivity index (χ2n) is 7.00. The van der Waals surface area contributed by atoms with Crippen molar-refractivity contribution in [3.8, 4) is 0 Å². The van der Waals surface area contributed by atoms with Crippen LogP contribution in [0, 0.1) is 6.92 Å². The molecule has 0 radical (unpaired) electrons. The lowest BCUT2D eigenvalue weighted by atomic mass is 10.1. The summed E-state index contributed by atoms with van der Waals surface area (Å²) < 4.78 is 28.6. The number of aryl methyl sites for hydroxylation is 1. The Labute approximate surface area is 185 Å². The molecule has 1 N–H and O–H groups in total. The first-order valence-corrected chi connectivity index (χ1v) is 11.7. The summed E-state index contributed by atoms with van der Waals surface area (Å²) in [5.74, 6) is -0.387. The molecule has 0 aliphatic heterocycles. The van der Waals surface area contributed by atoms with E-state index in [4.69, 9.17) is 0 Å². The number of nitrogens with zero attached hydrogens (tertiary/aromatic N) is 1. The van der Waals surface area contributed by atoms with E-state index in [1.54, 1.807) is 48.5 Å². The quantitative estimate of drug-likeness (QED) is 0.519. The molecule has 0 heterocycles. The Kier molecular flexibility index (Phi) is 6.95. The smallest absolute Gasteiger partial charge is 0.264 e. The van der Waals surface area contributed by atoms with Crippen molar-refractivity contribution in [2.24, 2.45) is 0 Å². The van der Waals surface area contributed by atoms with E-state index in [2.05, 4.69) is 21.2 Å². The summed E-state index contributed by atoms with van der Waals surface area (Å²) in [6, 6.07) is 22.8. The first-order valence-electron chi connectivity index (χ1n) is 9.46. The Morgan fingerprint density at radius 3 is 2.30 bits per heavy atom. The number of anilines is 1. The summed E-state index contributed by atoms with van der Waals surface area (Å²) >= 11 is 3.38. The zero-order valence-electron chi connectivity index (χ0n) is 16.7. The first kappa shape index (κ1) is 22.1. The number of halogens is 1.